The molecule has 2 unspecified atom stereocenters. The van der Waals surface area contributed by atoms with E-state index in [-0.39, 0.29) is 10.6 Å². The lowest BCUT2D eigenvalue weighted by Crippen LogP contribution is -2.40. The summed E-state index contributed by atoms with van der Waals surface area (Å²) in [4.78, 5) is 11.4. The number of thioether (sulfide) groups is 1. The maximum atomic E-state index is 10.6. The Balaban J connectivity index is 2.00. The lowest BCUT2D eigenvalue weighted by Gasteiger charge is -2.31. The fourth-order valence-corrected chi connectivity index (χ4v) is 3.88. The van der Waals surface area contributed by atoms with Crippen LogP contribution in [0.4, 0.5) is 5.69 Å². The number of nitrogens with zero attached hydrogens (tertiary/aromatic N) is 1. The van der Waals surface area contributed by atoms with Gasteiger partial charge in [-0.05, 0) is 31.5 Å². The largest absolute Gasteiger partial charge is 0.313 e. The van der Waals surface area contributed by atoms with Crippen molar-refractivity contribution in [2.45, 2.75) is 48.8 Å². The van der Waals surface area contributed by atoms with E-state index in [9.17, 15) is 10.1 Å². The third-order valence-electron chi connectivity index (χ3n) is 3.50. The molecule has 1 N–H and O–H groups in total. The number of rotatable bonds is 5. The number of hydrogen-bond acceptors (Lipinski definition) is 4. The van der Waals surface area contributed by atoms with Crippen molar-refractivity contribution < 1.29 is 4.92 Å². The molecule has 5 heteroatoms. The van der Waals surface area contributed by atoms with Gasteiger partial charge in [0, 0.05) is 28.3 Å². The Labute approximate surface area is 118 Å². The van der Waals surface area contributed by atoms with Gasteiger partial charge in [0.2, 0.25) is 0 Å². The second-order valence-electron chi connectivity index (χ2n) is 4.86. The van der Waals surface area contributed by atoms with Gasteiger partial charge in [0.15, 0.2) is 0 Å². The Hall–Kier alpha value is -1.07. The molecule has 0 aliphatic heterocycles. The molecule has 1 fully saturated rings. The Kier molecular flexibility index (Phi) is 5.22. The van der Waals surface area contributed by atoms with Crippen LogP contribution in [-0.2, 0) is 0 Å². The van der Waals surface area contributed by atoms with Crippen LogP contribution in [0.1, 0.15) is 32.6 Å². The van der Waals surface area contributed by atoms with Gasteiger partial charge in [0.05, 0.1) is 4.92 Å². The number of nitrogens with one attached hydrogen (secondary N) is 1. The van der Waals surface area contributed by atoms with Gasteiger partial charge in [-0.1, -0.05) is 19.8 Å². The maximum absolute atomic E-state index is 10.6. The molecule has 0 radical (unpaired) electrons. The minimum absolute atomic E-state index is 0.163. The molecule has 1 aliphatic rings. The Morgan fingerprint density at radius 1 is 1.32 bits per heavy atom. The summed E-state index contributed by atoms with van der Waals surface area (Å²) in [5, 5.41) is 14.8. The van der Waals surface area contributed by atoms with E-state index in [1.807, 2.05) is 23.9 Å². The summed E-state index contributed by atoms with van der Waals surface area (Å²) >= 11 is 1.85. The molecule has 2 atom stereocenters. The zero-order valence-corrected chi connectivity index (χ0v) is 12.0. The van der Waals surface area contributed by atoms with E-state index in [0.29, 0.717) is 11.3 Å². The van der Waals surface area contributed by atoms with Gasteiger partial charge in [0.25, 0.3) is 5.69 Å². The topological polar surface area (TPSA) is 55.2 Å². The van der Waals surface area contributed by atoms with Gasteiger partial charge >= 0.3 is 0 Å². The first-order valence-corrected chi connectivity index (χ1v) is 7.73. The molecule has 4 nitrogen and oxygen atoms in total. The number of nitro groups is 1. The molecule has 104 valence electrons. The lowest BCUT2D eigenvalue weighted by molar-refractivity contribution is -0.384. The molecule has 0 amide bonds. The first-order chi connectivity index (χ1) is 9.20. The first kappa shape index (κ1) is 14.3. The summed E-state index contributed by atoms with van der Waals surface area (Å²) in [7, 11) is 0. The molecule has 0 spiro atoms. The molecule has 0 heterocycles. The van der Waals surface area contributed by atoms with Crippen LogP contribution in [0.25, 0.3) is 0 Å². The van der Waals surface area contributed by atoms with E-state index in [0.717, 1.165) is 11.4 Å². The minimum atomic E-state index is -0.351. The number of nitro benzene ring substituents is 1. The monoisotopic (exact) mass is 280 g/mol. The quantitative estimate of drug-likeness (QED) is 0.661. The SMILES string of the molecule is CCNC1CCCCC1Sc1ccc([N+](=O)[O-])cc1. The van der Waals surface area contributed by atoms with Crippen molar-refractivity contribution in [2.75, 3.05) is 6.54 Å². The smallest absolute Gasteiger partial charge is 0.269 e. The van der Waals surface area contributed by atoms with E-state index < -0.39 is 0 Å². The summed E-state index contributed by atoms with van der Waals surface area (Å²) in [5.74, 6) is 0. The molecule has 2 rings (SSSR count). The molecule has 0 aromatic heterocycles. The van der Waals surface area contributed by atoms with Crippen molar-refractivity contribution in [2.24, 2.45) is 0 Å². The Morgan fingerprint density at radius 3 is 2.63 bits per heavy atom. The summed E-state index contributed by atoms with van der Waals surface area (Å²) in [6, 6.07) is 7.47. The van der Waals surface area contributed by atoms with Crippen molar-refractivity contribution in [3.05, 3.63) is 34.4 Å². The first-order valence-electron chi connectivity index (χ1n) is 6.85. The van der Waals surface area contributed by atoms with Crippen LogP contribution in [0.15, 0.2) is 29.2 Å². The highest BCUT2D eigenvalue weighted by atomic mass is 32.2. The van der Waals surface area contributed by atoms with Crippen molar-refractivity contribution in [1.29, 1.82) is 0 Å². The van der Waals surface area contributed by atoms with E-state index >= 15 is 0 Å². The van der Waals surface area contributed by atoms with E-state index in [4.69, 9.17) is 0 Å². The molecule has 0 saturated heterocycles. The maximum Gasteiger partial charge on any atom is 0.269 e. The fraction of sp³-hybridized carbons (Fsp3) is 0.571. The molecule has 1 aliphatic carbocycles. The molecule has 0 bridgehead atoms. The highest BCUT2D eigenvalue weighted by Gasteiger charge is 2.25. The van der Waals surface area contributed by atoms with Crippen molar-refractivity contribution in [1.82, 2.24) is 5.32 Å². The third kappa shape index (κ3) is 3.94. The fourth-order valence-electron chi connectivity index (χ4n) is 2.55. The predicted molar refractivity (Wildman–Crippen MR) is 78.7 cm³/mol. The normalized spacial score (nSPS) is 23.2. The summed E-state index contributed by atoms with van der Waals surface area (Å²) in [5.41, 5.74) is 0.163. The van der Waals surface area contributed by atoms with Gasteiger partial charge < -0.3 is 5.32 Å². The van der Waals surface area contributed by atoms with Crippen molar-refractivity contribution >= 4 is 17.4 Å². The average molecular weight is 280 g/mol. The van der Waals surface area contributed by atoms with Gasteiger partial charge in [-0.3, -0.25) is 10.1 Å². The molecule has 1 aromatic carbocycles. The van der Waals surface area contributed by atoms with Crippen LogP contribution in [0.5, 0.6) is 0 Å². The van der Waals surface area contributed by atoms with Crippen LogP contribution in [-0.4, -0.2) is 22.8 Å². The zero-order valence-electron chi connectivity index (χ0n) is 11.2. The Bertz CT molecular complexity index is 420. The number of hydrogen-bond donors (Lipinski definition) is 1. The molecule has 1 saturated carbocycles. The van der Waals surface area contributed by atoms with Crippen LogP contribution >= 0.6 is 11.8 Å². The third-order valence-corrected chi connectivity index (χ3v) is 4.92. The lowest BCUT2D eigenvalue weighted by atomic mass is 9.95. The van der Waals surface area contributed by atoms with Crippen LogP contribution in [0, 0.1) is 10.1 Å². The van der Waals surface area contributed by atoms with Crippen molar-refractivity contribution in [3.8, 4) is 0 Å². The second-order valence-corrected chi connectivity index (χ2v) is 6.17. The van der Waals surface area contributed by atoms with E-state index in [1.54, 1.807) is 12.1 Å². The van der Waals surface area contributed by atoms with Crippen LogP contribution in [0.3, 0.4) is 0 Å². The highest BCUT2D eigenvalue weighted by molar-refractivity contribution is 8.00. The van der Waals surface area contributed by atoms with Gasteiger partial charge in [0.1, 0.15) is 0 Å². The summed E-state index contributed by atoms with van der Waals surface area (Å²) in [6.45, 7) is 3.14. The van der Waals surface area contributed by atoms with Crippen LogP contribution in [0.2, 0.25) is 0 Å². The molecular weight excluding hydrogens is 260 g/mol. The van der Waals surface area contributed by atoms with Gasteiger partial charge in [-0.2, -0.15) is 0 Å². The van der Waals surface area contributed by atoms with Gasteiger partial charge in [-0.15, -0.1) is 11.8 Å². The highest BCUT2D eigenvalue weighted by Crippen LogP contribution is 2.34. The van der Waals surface area contributed by atoms with Crippen molar-refractivity contribution in [3.63, 3.8) is 0 Å². The summed E-state index contributed by atoms with van der Waals surface area (Å²) < 4.78 is 0. The number of non-ortho nitro benzene ring substituents is 1. The van der Waals surface area contributed by atoms with E-state index in [1.165, 1.54) is 25.7 Å². The summed E-state index contributed by atoms with van der Waals surface area (Å²) in [6.07, 6.45) is 5.04. The van der Waals surface area contributed by atoms with E-state index in [2.05, 4.69) is 12.2 Å². The second kappa shape index (κ2) is 6.91. The zero-order chi connectivity index (χ0) is 13.7. The average Bonchev–Trinajstić information content (AvgIpc) is 2.42. The number of benzene rings is 1. The Morgan fingerprint density at radius 2 is 2.00 bits per heavy atom. The molecule has 19 heavy (non-hydrogen) atoms. The van der Waals surface area contributed by atoms with Crippen LogP contribution < -0.4 is 5.32 Å². The minimum Gasteiger partial charge on any atom is -0.313 e. The van der Waals surface area contributed by atoms with Gasteiger partial charge in [-0.25, -0.2) is 0 Å². The molecule has 1 aromatic rings. The standard InChI is InChI=1S/C14H20N2O2S/c1-2-15-13-5-3-4-6-14(13)19-12-9-7-11(8-10-12)16(17)18/h7-10,13-15H,2-6H2,1H3. The molecular formula is C14H20N2O2S. The predicted octanol–water partition coefficient (Wildman–Crippen LogP) is 3.61.